The molecule has 0 unspecified atom stereocenters. The van der Waals surface area contributed by atoms with Gasteiger partial charge in [0, 0.05) is 6.20 Å². The molecule has 1 aromatic heterocycles. The quantitative estimate of drug-likeness (QED) is 0.783. The summed E-state index contributed by atoms with van der Waals surface area (Å²) < 4.78 is 49.5. The Morgan fingerprint density at radius 1 is 1.37 bits per heavy atom. The molecule has 19 heavy (non-hydrogen) atoms. The summed E-state index contributed by atoms with van der Waals surface area (Å²) in [6, 6.07) is 4.16. The van der Waals surface area contributed by atoms with Gasteiger partial charge in [-0.1, -0.05) is 6.07 Å². The molecule has 0 aliphatic heterocycles. The number of nitrogens with zero attached hydrogens (tertiary/aromatic N) is 1. The zero-order chi connectivity index (χ0) is 14.5. The monoisotopic (exact) mass is 295 g/mol. The van der Waals surface area contributed by atoms with E-state index in [1.165, 1.54) is 38.2 Å². The normalized spacial score (nSPS) is 14.4. The summed E-state index contributed by atoms with van der Waals surface area (Å²) in [7, 11) is -4.77. The SMILES string of the molecule is CCOP(=O)(OCC)C(F)(F)[C@H](O)c1ccccn1. The lowest BCUT2D eigenvalue weighted by Crippen LogP contribution is -2.29. The number of rotatable bonds is 7. The smallest absolute Gasteiger partial charge is 0.380 e. The van der Waals surface area contributed by atoms with Crippen molar-refractivity contribution in [2.75, 3.05) is 13.2 Å². The molecule has 0 aromatic carbocycles. The van der Waals surface area contributed by atoms with Crippen LogP contribution < -0.4 is 0 Å². The summed E-state index contributed by atoms with van der Waals surface area (Å²) in [6.45, 7) is 2.38. The molecule has 0 radical (unpaired) electrons. The van der Waals surface area contributed by atoms with Crippen molar-refractivity contribution in [3.63, 3.8) is 0 Å². The number of hydrogen-bond acceptors (Lipinski definition) is 5. The van der Waals surface area contributed by atoms with E-state index < -0.39 is 19.4 Å². The zero-order valence-corrected chi connectivity index (χ0v) is 11.5. The fourth-order valence-corrected chi connectivity index (χ4v) is 2.95. The van der Waals surface area contributed by atoms with Crippen LogP contribution in [0.25, 0.3) is 0 Å². The molecule has 0 saturated carbocycles. The van der Waals surface area contributed by atoms with Crippen molar-refractivity contribution in [2.45, 2.75) is 25.6 Å². The van der Waals surface area contributed by atoms with Gasteiger partial charge in [0.15, 0.2) is 6.10 Å². The van der Waals surface area contributed by atoms with Crippen LogP contribution in [-0.4, -0.2) is 29.0 Å². The minimum Gasteiger partial charge on any atom is -0.380 e. The summed E-state index contributed by atoms with van der Waals surface area (Å²) >= 11 is 0. The average Bonchev–Trinajstić information content (AvgIpc) is 2.39. The number of aliphatic hydroxyl groups excluding tert-OH is 1. The van der Waals surface area contributed by atoms with Crippen molar-refractivity contribution in [1.82, 2.24) is 4.98 Å². The van der Waals surface area contributed by atoms with Crippen molar-refractivity contribution in [3.8, 4) is 0 Å². The lowest BCUT2D eigenvalue weighted by Gasteiger charge is -2.28. The molecule has 0 bridgehead atoms. The Balaban J connectivity index is 3.09. The summed E-state index contributed by atoms with van der Waals surface area (Å²) in [5.41, 5.74) is -4.37. The van der Waals surface area contributed by atoms with E-state index in [0.29, 0.717) is 0 Å². The molecule has 1 atom stereocenters. The number of halogens is 2. The van der Waals surface area contributed by atoms with Crippen LogP contribution >= 0.6 is 7.60 Å². The van der Waals surface area contributed by atoms with Gasteiger partial charge in [-0.25, -0.2) is 0 Å². The molecule has 0 saturated heterocycles. The fourth-order valence-electron chi connectivity index (χ4n) is 1.41. The third-order valence-electron chi connectivity index (χ3n) is 2.26. The predicted molar refractivity (Wildman–Crippen MR) is 65.0 cm³/mol. The summed E-state index contributed by atoms with van der Waals surface area (Å²) in [4.78, 5) is 3.62. The highest BCUT2D eigenvalue weighted by atomic mass is 31.2. The van der Waals surface area contributed by atoms with Crippen LogP contribution in [0, 0.1) is 0 Å². The van der Waals surface area contributed by atoms with E-state index in [-0.39, 0.29) is 18.9 Å². The number of alkyl halides is 2. The third kappa shape index (κ3) is 3.36. The van der Waals surface area contributed by atoms with E-state index in [2.05, 4.69) is 14.0 Å². The first kappa shape index (κ1) is 16.2. The average molecular weight is 295 g/mol. The second-order valence-electron chi connectivity index (χ2n) is 3.58. The fraction of sp³-hybridized carbons (Fsp3) is 0.545. The lowest BCUT2D eigenvalue weighted by molar-refractivity contribution is -0.0694. The first-order valence-electron chi connectivity index (χ1n) is 5.75. The van der Waals surface area contributed by atoms with E-state index in [4.69, 9.17) is 0 Å². The van der Waals surface area contributed by atoms with Crippen LogP contribution in [0.3, 0.4) is 0 Å². The molecule has 1 aromatic rings. The first-order valence-corrected chi connectivity index (χ1v) is 7.29. The van der Waals surface area contributed by atoms with E-state index in [0.717, 1.165) is 0 Å². The van der Waals surface area contributed by atoms with E-state index >= 15 is 0 Å². The van der Waals surface area contributed by atoms with Gasteiger partial charge in [-0.2, -0.15) is 8.78 Å². The van der Waals surface area contributed by atoms with Gasteiger partial charge >= 0.3 is 13.3 Å². The molecule has 5 nitrogen and oxygen atoms in total. The molecule has 0 amide bonds. The van der Waals surface area contributed by atoms with Crippen LogP contribution in [0.2, 0.25) is 0 Å². The molecule has 108 valence electrons. The van der Waals surface area contributed by atoms with Crippen molar-refractivity contribution < 1.29 is 27.5 Å². The molecular weight excluding hydrogens is 279 g/mol. The third-order valence-corrected chi connectivity index (χ3v) is 4.43. The van der Waals surface area contributed by atoms with Crippen molar-refractivity contribution in [1.29, 1.82) is 0 Å². The van der Waals surface area contributed by atoms with Gasteiger partial charge in [0.25, 0.3) is 0 Å². The maximum absolute atomic E-state index is 14.1. The van der Waals surface area contributed by atoms with Crippen molar-refractivity contribution >= 4 is 7.60 Å². The number of aromatic nitrogens is 1. The zero-order valence-electron chi connectivity index (χ0n) is 10.6. The molecular formula is C11H16F2NO4P. The minimum atomic E-state index is -4.77. The van der Waals surface area contributed by atoms with Crippen molar-refractivity contribution in [3.05, 3.63) is 30.1 Å². The maximum Gasteiger partial charge on any atom is 0.402 e. The van der Waals surface area contributed by atoms with Gasteiger partial charge in [0.1, 0.15) is 0 Å². The Bertz CT molecular complexity index is 434. The highest BCUT2D eigenvalue weighted by Gasteiger charge is 2.59. The van der Waals surface area contributed by atoms with Gasteiger partial charge in [0.2, 0.25) is 0 Å². The van der Waals surface area contributed by atoms with E-state index in [9.17, 15) is 18.5 Å². The van der Waals surface area contributed by atoms with E-state index in [1.807, 2.05) is 0 Å². The molecule has 8 heteroatoms. The Hall–Kier alpha value is -0.880. The highest BCUT2D eigenvalue weighted by Crippen LogP contribution is 2.65. The first-order chi connectivity index (χ1) is 8.89. The second kappa shape index (κ2) is 6.52. The van der Waals surface area contributed by atoms with Crippen LogP contribution in [0.4, 0.5) is 8.78 Å². The van der Waals surface area contributed by atoms with Crippen LogP contribution in [0.1, 0.15) is 25.6 Å². The second-order valence-corrected chi connectivity index (χ2v) is 5.69. The number of pyridine rings is 1. The molecule has 0 aliphatic carbocycles. The molecule has 1 rings (SSSR count). The summed E-state index contributed by atoms with van der Waals surface area (Å²) in [5, 5.41) is 9.69. The molecule has 0 spiro atoms. The van der Waals surface area contributed by atoms with Gasteiger partial charge in [-0.3, -0.25) is 9.55 Å². The Kier molecular flexibility index (Phi) is 5.55. The highest BCUT2D eigenvalue weighted by molar-refractivity contribution is 7.55. The van der Waals surface area contributed by atoms with Crippen LogP contribution in [-0.2, 0) is 13.6 Å². The number of hydrogen-bond donors (Lipinski definition) is 1. The van der Waals surface area contributed by atoms with E-state index in [1.54, 1.807) is 0 Å². The number of aliphatic hydroxyl groups is 1. The lowest BCUT2D eigenvalue weighted by atomic mass is 10.2. The van der Waals surface area contributed by atoms with Crippen LogP contribution in [0.15, 0.2) is 24.4 Å². The molecule has 0 fully saturated rings. The van der Waals surface area contributed by atoms with Gasteiger partial charge < -0.3 is 14.2 Å². The molecule has 1 heterocycles. The van der Waals surface area contributed by atoms with Crippen molar-refractivity contribution in [2.24, 2.45) is 0 Å². The topological polar surface area (TPSA) is 68.7 Å². The summed E-state index contributed by atoms with van der Waals surface area (Å²) in [5.74, 6) is 0. The van der Waals surface area contributed by atoms with Gasteiger partial charge in [-0.15, -0.1) is 0 Å². The van der Waals surface area contributed by atoms with Crippen LogP contribution in [0.5, 0.6) is 0 Å². The Morgan fingerprint density at radius 2 is 1.95 bits per heavy atom. The maximum atomic E-state index is 14.1. The Labute approximate surface area is 110 Å². The molecule has 0 aliphatic rings. The Morgan fingerprint density at radius 3 is 2.37 bits per heavy atom. The predicted octanol–water partition coefficient (Wildman–Crippen LogP) is 2.97. The largest absolute Gasteiger partial charge is 0.402 e. The molecule has 1 N–H and O–H groups in total. The van der Waals surface area contributed by atoms with Gasteiger partial charge in [0.05, 0.1) is 18.9 Å². The van der Waals surface area contributed by atoms with Gasteiger partial charge in [-0.05, 0) is 26.0 Å². The summed E-state index contributed by atoms with van der Waals surface area (Å²) in [6.07, 6.45) is -1.11. The minimum absolute atomic E-state index is 0.220. The standard InChI is InChI=1S/C11H16F2NO4P/c1-3-17-19(16,18-4-2)11(12,13)10(15)9-7-5-6-8-14-9/h5-8,10,15H,3-4H2,1-2H3/t10-/m1/s1.